The van der Waals surface area contributed by atoms with E-state index in [9.17, 15) is 19.1 Å². The Morgan fingerprint density at radius 3 is 2.17 bits per heavy atom. The number of carboxylic acid groups (broad SMARTS) is 1. The number of benzene rings is 3. The van der Waals surface area contributed by atoms with Crippen LogP contribution in [0, 0.1) is 5.82 Å². The van der Waals surface area contributed by atoms with Crippen LogP contribution in [0.1, 0.15) is 87.2 Å². The van der Waals surface area contributed by atoms with Gasteiger partial charge in [-0.1, -0.05) is 68.8 Å². The van der Waals surface area contributed by atoms with E-state index in [1.54, 1.807) is 12.1 Å². The van der Waals surface area contributed by atoms with Crippen LogP contribution in [-0.2, 0) is 20.8 Å². The van der Waals surface area contributed by atoms with E-state index in [0.29, 0.717) is 30.6 Å². The van der Waals surface area contributed by atoms with Crippen LogP contribution >= 0.6 is 0 Å². The average molecular weight is 639 g/mol. The second kappa shape index (κ2) is 14.2. The van der Waals surface area contributed by atoms with Crippen LogP contribution in [0.5, 0.6) is 0 Å². The summed E-state index contributed by atoms with van der Waals surface area (Å²) in [5, 5.41) is 12.8. The van der Waals surface area contributed by atoms with Crippen LogP contribution in [0.3, 0.4) is 0 Å². The van der Waals surface area contributed by atoms with Gasteiger partial charge in [-0.2, -0.15) is 0 Å². The lowest BCUT2D eigenvalue weighted by atomic mass is 9.91. The van der Waals surface area contributed by atoms with Gasteiger partial charge in [-0.15, -0.1) is 0 Å². The Morgan fingerprint density at radius 1 is 0.894 bits per heavy atom. The largest absolute Gasteiger partial charge is 0.481 e. The number of halogens is 1. The van der Waals surface area contributed by atoms with E-state index in [1.165, 1.54) is 12.1 Å². The molecular weight excluding hydrogens is 595 g/mol. The van der Waals surface area contributed by atoms with Crippen molar-refractivity contribution in [1.82, 2.24) is 4.57 Å². The van der Waals surface area contributed by atoms with Crippen molar-refractivity contribution in [2.45, 2.75) is 95.7 Å². The third-order valence-electron chi connectivity index (χ3n) is 9.27. The van der Waals surface area contributed by atoms with Gasteiger partial charge in [0.25, 0.3) is 5.91 Å². The first-order valence-electron chi connectivity index (χ1n) is 16.7. The minimum atomic E-state index is -0.880. The van der Waals surface area contributed by atoms with E-state index < -0.39 is 17.9 Å². The number of aromatic nitrogens is 1. The van der Waals surface area contributed by atoms with E-state index in [4.69, 9.17) is 9.47 Å². The lowest BCUT2D eigenvalue weighted by Crippen LogP contribution is -2.50. The van der Waals surface area contributed by atoms with Gasteiger partial charge in [0.2, 0.25) is 0 Å². The minimum Gasteiger partial charge on any atom is -0.481 e. The zero-order chi connectivity index (χ0) is 33.0. The van der Waals surface area contributed by atoms with Crippen molar-refractivity contribution in [2.75, 3.05) is 5.32 Å². The van der Waals surface area contributed by atoms with Crippen LogP contribution in [0.25, 0.3) is 22.4 Å². The molecule has 1 saturated heterocycles. The number of hydrogen-bond acceptors (Lipinski definition) is 4. The minimum absolute atomic E-state index is 0.0387. The number of hydrogen-bond donors (Lipinski definition) is 2. The molecule has 8 heteroatoms. The van der Waals surface area contributed by atoms with Crippen LogP contribution in [0.15, 0.2) is 84.9 Å². The van der Waals surface area contributed by atoms with Crippen molar-refractivity contribution in [1.29, 1.82) is 0 Å². The molecule has 1 aliphatic heterocycles. The van der Waals surface area contributed by atoms with Gasteiger partial charge in [0.05, 0.1) is 29.9 Å². The fraction of sp³-hybridized carbons (Fsp3) is 0.385. The molecule has 2 fully saturated rings. The standard InChI is InChI=1S/C39H43FN2O5/c1-26(2)36-35(38(45)41-30-14-8-4-9-15-30)34(27-12-6-3-7-13-27)37(28-16-18-29(40)19-17-28)42(36)23-20-31-24-32(25-33(43)44)47-39(46-31)21-10-5-11-22-39/h3-4,6-9,12-19,26,31-32H,5,10-11,20-25H2,1-2H3,(H,41,45)(H,43,44)/t31-,32-/m1/s1. The summed E-state index contributed by atoms with van der Waals surface area (Å²) in [5.41, 5.74) is 5.45. The zero-order valence-corrected chi connectivity index (χ0v) is 27.1. The van der Waals surface area contributed by atoms with Crippen LogP contribution < -0.4 is 5.32 Å². The monoisotopic (exact) mass is 638 g/mol. The molecule has 1 aliphatic carbocycles. The van der Waals surface area contributed by atoms with Crippen molar-refractivity contribution in [3.8, 4) is 22.4 Å². The van der Waals surface area contributed by atoms with Gasteiger partial charge in [0, 0.05) is 42.8 Å². The van der Waals surface area contributed by atoms with Crippen molar-refractivity contribution in [3.63, 3.8) is 0 Å². The number of amides is 1. The van der Waals surface area contributed by atoms with Crippen LogP contribution in [0.4, 0.5) is 10.1 Å². The summed E-state index contributed by atoms with van der Waals surface area (Å²) >= 11 is 0. The molecule has 0 radical (unpaired) electrons. The van der Waals surface area contributed by atoms with Crippen LogP contribution in [-0.4, -0.2) is 39.5 Å². The highest BCUT2D eigenvalue weighted by atomic mass is 19.1. The van der Waals surface area contributed by atoms with Gasteiger partial charge in [-0.3, -0.25) is 9.59 Å². The third kappa shape index (κ3) is 7.34. The zero-order valence-electron chi connectivity index (χ0n) is 27.1. The predicted molar refractivity (Wildman–Crippen MR) is 181 cm³/mol. The molecule has 0 unspecified atom stereocenters. The van der Waals surface area contributed by atoms with E-state index in [0.717, 1.165) is 60.2 Å². The quantitative estimate of drug-likeness (QED) is 0.181. The first kappa shape index (κ1) is 32.7. The molecule has 2 heterocycles. The lowest BCUT2D eigenvalue weighted by molar-refractivity contribution is -0.329. The SMILES string of the molecule is CC(C)c1c(C(=O)Nc2ccccc2)c(-c2ccccc2)c(-c2ccc(F)cc2)n1CC[C@@H]1C[C@H](CC(=O)O)OC2(CCCCC2)O1. The molecule has 7 nitrogen and oxygen atoms in total. The molecule has 1 amide bonds. The number of carbonyl (C=O) groups excluding carboxylic acids is 1. The maximum absolute atomic E-state index is 14.4. The summed E-state index contributed by atoms with van der Waals surface area (Å²) in [6.07, 6.45) is 4.94. The van der Waals surface area contributed by atoms with Gasteiger partial charge in [0.1, 0.15) is 5.82 Å². The van der Waals surface area contributed by atoms with E-state index in [2.05, 4.69) is 23.7 Å². The van der Waals surface area contributed by atoms with Crippen molar-refractivity contribution in [3.05, 3.63) is 102 Å². The van der Waals surface area contributed by atoms with Gasteiger partial charge >= 0.3 is 5.97 Å². The summed E-state index contributed by atoms with van der Waals surface area (Å²) in [5.74, 6) is -2.23. The number of para-hydroxylation sites is 1. The second-order valence-electron chi connectivity index (χ2n) is 13.1. The molecule has 3 aromatic carbocycles. The highest BCUT2D eigenvalue weighted by Gasteiger charge is 2.44. The number of carboxylic acids is 1. The van der Waals surface area contributed by atoms with Gasteiger partial charge in [0.15, 0.2) is 5.79 Å². The fourth-order valence-electron chi connectivity index (χ4n) is 7.33. The molecule has 2 aliphatic rings. The van der Waals surface area contributed by atoms with Crippen molar-refractivity contribution < 1.29 is 28.6 Å². The highest BCUT2D eigenvalue weighted by Crippen LogP contribution is 2.44. The lowest BCUT2D eigenvalue weighted by Gasteiger charge is -2.46. The van der Waals surface area contributed by atoms with Crippen LogP contribution in [0.2, 0.25) is 0 Å². The smallest absolute Gasteiger partial charge is 0.305 e. The highest BCUT2D eigenvalue weighted by molar-refractivity contribution is 6.12. The van der Waals surface area contributed by atoms with E-state index >= 15 is 0 Å². The van der Waals surface area contributed by atoms with E-state index in [-0.39, 0.29) is 30.2 Å². The third-order valence-corrected chi connectivity index (χ3v) is 9.27. The first-order chi connectivity index (χ1) is 22.7. The normalized spacial score (nSPS) is 19.1. The second-order valence-corrected chi connectivity index (χ2v) is 13.1. The number of nitrogens with one attached hydrogen (secondary N) is 1. The Hall–Kier alpha value is -4.27. The summed E-state index contributed by atoms with van der Waals surface area (Å²) in [4.78, 5) is 26.1. The van der Waals surface area contributed by atoms with E-state index in [1.807, 2.05) is 60.7 Å². The topological polar surface area (TPSA) is 89.8 Å². The number of ether oxygens (including phenoxy) is 2. The molecular formula is C39H43FN2O5. The fourth-order valence-corrected chi connectivity index (χ4v) is 7.33. The molecule has 2 N–H and O–H groups in total. The molecule has 47 heavy (non-hydrogen) atoms. The van der Waals surface area contributed by atoms with Gasteiger partial charge < -0.3 is 24.5 Å². The molecule has 6 rings (SSSR count). The van der Waals surface area contributed by atoms with Crippen molar-refractivity contribution >= 4 is 17.6 Å². The molecule has 246 valence electrons. The maximum atomic E-state index is 14.4. The molecule has 1 saturated carbocycles. The molecule has 0 bridgehead atoms. The molecule has 4 aromatic rings. The summed E-state index contributed by atoms with van der Waals surface area (Å²) in [6, 6.07) is 25.7. The number of aliphatic carboxylic acids is 1. The molecule has 1 aromatic heterocycles. The molecule has 2 atom stereocenters. The number of rotatable bonds is 10. The maximum Gasteiger partial charge on any atom is 0.305 e. The number of anilines is 1. The Bertz CT molecular complexity index is 1680. The number of carbonyl (C=O) groups is 2. The summed E-state index contributed by atoms with van der Waals surface area (Å²) < 4.78 is 29.5. The van der Waals surface area contributed by atoms with Crippen molar-refractivity contribution in [2.24, 2.45) is 0 Å². The van der Waals surface area contributed by atoms with Gasteiger partial charge in [-0.05, 0) is 72.7 Å². The Kier molecular flexibility index (Phi) is 9.89. The first-order valence-corrected chi connectivity index (χ1v) is 16.7. The summed E-state index contributed by atoms with van der Waals surface area (Å²) in [7, 11) is 0. The Balaban J connectivity index is 1.47. The Labute approximate surface area is 275 Å². The molecule has 1 spiro atoms. The predicted octanol–water partition coefficient (Wildman–Crippen LogP) is 9.04. The number of nitrogens with zero attached hydrogens (tertiary/aromatic N) is 1. The van der Waals surface area contributed by atoms with Gasteiger partial charge in [-0.25, -0.2) is 4.39 Å². The average Bonchev–Trinajstić information content (AvgIpc) is 3.40. The summed E-state index contributed by atoms with van der Waals surface area (Å²) in [6.45, 7) is 4.68. The Morgan fingerprint density at radius 2 is 1.53 bits per heavy atom.